The highest BCUT2D eigenvalue weighted by Crippen LogP contribution is 2.40. The molecule has 2 fully saturated rings. The van der Waals surface area contributed by atoms with Crippen molar-refractivity contribution in [1.29, 1.82) is 0 Å². The third-order valence-electron chi connectivity index (χ3n) is 9.24. The van der Waals surface area contributed by atoms with E-state index in [-0.39, 0.29) is 44.0 Å². The van der Waals surface area contributed by atoms with Crippen molar-refractivity contribution in [2.75, 3.05) is 12.4 Å². The van der Waals surface area contributed by atoms with Crippen molar-refractivity contribution in [2.24, 2.45) is 0 Å². The summed E-state index contributed by atoms with van der Waals surface area (Å²) in [6.07, 6.45) is -5.29. The summed E-state index contributed by atoms with van der Waals surface area (Å²) in [6.45, 7) is 4.52. The van der Waals surface area contributed by atoms with Gasteiger partial charge in [0.05, 0.1) is 29.4 Å². The number of carboxylic acids is 1. The molecular formula is C41H46N2O14S2. The Hall–Kier alpha value is -4.98. The number of carbonyl (C=O) groups excluding carboxylic acids is 4. The number of carbonyl (C=O) groups is 5. The minimum absolute atomic E-state index is 0.0111. The van der Waals surface area contributed by atoms with E-state index in [0.717, 1.165) is 36.1 Å². The van der Waals surface area contributed by atoms with Crippen LogP contribution in [0, 0.1) is 0 Å². The number of nitrogens with one attached hydrogen (secondary N) is 1. The smallest absolute Gasteiger partial charge is 0.338 e. The second kappa shape index (κ2) is 21.3. The zero-order valence-electron chi connectivity index (χ0n) is 32.8. The van der Waals surface area contributed by atoms with Gasteiger partial charge in [0.25, 0.3) is 0 Å². The maximum Gasteiger partial charge on any atom is 0.338 e. The molecule has 0 saturated carbocycles. The quantitative estimate of drug-likeness (QED) is 0.0780. The van der Waals surface area contributed by atoms with E-state index < -0.39 is 66.7 Å². The molecule has 3 aromatic rings. The maximum absolute atomic E-state index is 12.2. The number of nitrogens with zero attached hydrogens (tertiary/aromatic N) is 1. The molecule has 1 unspecified atom stereocenters. The normalized spacial score (nSPS) is 23.9. The summed E-state index contributed by atoms with van der Waals surface area (Å²) >= 11 is 6.96. The van der Waals surface area contributed by atoms with Crippen LogP contribution in [-0.4, -0.2) is 99.0 Å². The molecule has 0 bridgehead atoms. The van der Waals surface area contributed by atoms with Crippen molar-refractivity contribution in [3.8, 4) is 0 Å². The number of aliphatic hydroxyl groups excluding tert-OH is 1. The van der Waals surface area contributed by atoms with Crippen LogP contribution in [0.5, 0.6) is 0 Å². The number of thiocarbonyl (C=S) groups is 1. The monoisotopic (exact) mass is 854 g/mol. The first-order valence-corrected chi connectivity index (χ1v) is 20.1. The highest BCUT2D eigenvalue weighted by atomic mass is 32.2. The van der Waals surface area contributed by atoms with Crippen molar-refractivity contribution in [1.82, 2.24) is 10.3 Å². The van der Waals surface area contributed by atoms with Crippen LogP contribution in [0.2, 0.25) is 0 Å². The number of carboxylic acid groups (broad SMARTS) is 1. The standard InChI is InChI=1S/C41H46N2O14S2/c1-22(45)51-20-34-37(53-24(3)47)38(54-25(4)48)36(52-23(2)46)33(56-34)17-35(58)43-18-26-7-13-29(14-8-26)41-55-30(21-59-39-31(40(49)50)6-5-15-42-39)16-32(57-41)28-11-9-27(19-44)10-12-28/h5-15,30,32-34,36-38,41,44H,16-21H2,1-4H3,(H,43,58)(H,49,50)/t30-,32+,33-,34+,36-,37+,38+,41?/m0/s1. The Bertz CT molecular complexity index is 1960. The summed E-state index contributed by atoms with van der Waals surface area (Å²) < 4.78 is 40.7. The summed E-state index contributed by atoms with van der Waals surface area (Å²) in [7, 11) is 0. The molecule has 0 spiro atoms. The molecule has 18 heteroatoms. The third kappa shape index (κ3) is 13.0. The Kier molecular flexibility index (Phi) is 16.3. The number of rotatable bonds is 16. The molecule has 59 heavy (non-hydrogen) atoms. The maximum atomic E-state index is 12.2. The first-order valence-electron chi connectivity index (χ1n) is 18.7. The van der Waals surface area contributed by atoms with Crippen molar-refractivity contribution < 1.29 is 67.3 Å². The van der Waals surface area contributed by atoms with E-state index >= 15 is 0 Å². The van der Waals surface area contributed by atoms with Crippen LogP contribution in [0.1, 0.15) is 85.5 Å². The minimum Gasteiger partial charge on any atom is -0.478 e. The number of hydrogen-bond donors (Lipinski definition) is 3. The molecular weight excluding hydrogens is 809 g/mol. The SMILES string of the molecule is CC(=O)OC[C@H]1O[C@@H](CC(=S)NCc2ccc(C3O[C@H](CSc4ncccc4C(=O)O)C[C@H](c4ccc(CO)cc4)O3)cc2)[C@H](OC(C)=O)[C@@H](OC(C)=O)[C@@H]1OC(C)=O. The lowest BCUT2D eigenvalue weighted by Crippen LogP contribution is -2.62. The third-order valence-corrected chi connectivity index (χ3v) is 10.7. The van der Waals surface area contributed by atoms with Crippen LogP contribution in [-0.2, 0) is 65.5 Å². The van der Waals surface area contributed by atoms with Crippen LogP contribution in [0.25, 0.3) is 0 Å². The summed E-state index contributed by atoms with van der Waals surface area (Å²) in [5.74, 6) is -3.43. The Morgan fingerprint density at radius 1 is 0.797 bits per heavy atom. The molecule has 8 atom stereocenters. The van der Waals surface area contributed by atoms with Gasteiger partial charge >= 0.3 is 29.8 Å². The van der Waals surface area contributed by atoms with Crippen LogP contribution in [0.4, 0.5) is 0 Å². The van der Waals surface area contributed by atoms with Gasteiger partial charge in [0.15, 0.2) is 24.6 Å². The number of aromatic carboxylic acids is 1. The number of aromatic nitrogens is 1. The van der Waals surface area contributed by atoms with E-state index in [0.29, 0.717) is 22.2 Å². The lowest BCUT2D eigenvalue weighted by Gasteiger charge is -2.44. The second-order valence-corrected chi connectivity index (χ2v) is 15.3. The fourth-order valence-corrected chi connectivity index (χ4v) is 7.83. The molecule has 2 aliphatic heterocycles. The number of hydrogen-bond acceptors (Lipinski definition) is 16. The van der Waals surface area contributed by atoms with Crippen LogP contribution in [0.3, 0.4) is 0 Å². The number of thioether (sulfide) groups is 1. The lowest BCUT2D eigenvalue weighted by atomic mass is 9.92. The van der Waals surface area contributed by atoms with E-state index in [4.69, 9.17) is 45.4 Å². The van der Waals surface area contributed by atoms with E-state index in [1.54, 1.807) is 12.3 Å². The molecule has 5 rings (SSSR count). The second-order valence-electron chi connectivity index (χ2n) is 13.8. The predicted octanol–water partition coefficient (Wildman–Crippen LogP) is 4.54. The first kappa shape index (κ1) is 45.1. The average Bonchev–Trinajstić information content (AvgIpc) is 3.20. The zero-order valence-corrected chi connectivity index (χ0v) is 34.4. The number of ether oxygens (including phenoxy) is 7. The van der Waals surface area contributed by atoms with Crippen LogP contribution >= 0.6 is 24.0 Å². The summed E-state index contributed by atoms with van der Waals surface area (Å²) in [5.41, 5.74) is 3.36. The van der Waals surface area contributed by atoms with Crippen molar-refractivity contribution in [2.45, 2.75) is 108 Å². The Balaban J connectivity index is 1.27. The van der Waals surface area contributed by atoms with Gasteiger partial charge in [-0.2, -0.15) is 0 Å². The zero-order chi connectivity index (χ0) is 42.6. The fourth-order valence-electron chi connectivity index (χ4n) is 6.59. The molecule has 316 valence electrons. The molecule has 2 aliphatic rings. The molecule has 0 aliphatic carbocycles. The van der Waals surface area contributed by atoms with Crippen LogP contribution < -0.4 is 5.32 Å². The predicted molar refractivity (Wildman–Crippen MR) is 213 cm³/mol. The molecule has 0 amide bonds. The van der Waals surface area contributed by atoms with Gasteiger partial charge in [-0.1, -0.05) is 60.7 Å². The van der Waals surface area contributed by atoms with Crippen molar-refractivity contribution in [3.63, 3.8) is 0 Å². The van der Waals surface area contributed by atoms with Gasteiger partial charge in [-0.3, -0.25) is 19.2 Å². The number of esters is 4. The Labute approximate surface area is 350 Å². The van der Waals surface area contributed by atoms with Gasteiger partial charge in [-0.05, 0) is 28.8 Å². The molecule has 0 radical (unpaired) electrons. The summed E-state index contributed by atoms with van der Waals surface area (Å²) in [6, 6.07) is 18.1. The lowest BCUT2D eigenvalue weighted by molar-refractivity contribution is -0.251. The highest BCUT2D eigenvalue weighted by Gasteiger charge is 2.52. The van der Waals surface area contributed by atoms with Crippen LogP contribution in [0.15, 0.2) is 71.9 Å². The summed E-state index contributed by atoms with van der Waals surface area (Å²) in [5, 5.41) is 22.8. The fraction of sp³-hybridized carbons (Fsp3) is 0.439. The Morgan fingerprint density at radius 3 is 2.02 bits per heavy atom. The average molecular weight is 855 g/mol. The van der Waals surface area contributed by atoms with Crippen molar-refractivity contribution >= 4 is 58.8 Å². The van der Waals surface area contributed by atoms with Gasteiger partial charge in [0.1, 0.15) is 23.8 Å². The number of pyridine rings is 1. The number of aliphatic hydroxyl groups is 1. The summed E-state index contributed by atoms with van der Waals surface area (Å²) in [4.78, 5) is 64.5. The first-order chi connectivity index (χ1) is 28.2. The molecule has 3 N–H and O–H groups in total. The minimum atomic E-state index is -1.30. The van der Waals surface area contributed by atoms with Gasteiger partial charge in [-0.15, -0.1) is 11.8 Å². The van der Waals surface area contributed by atoms with E-state index in [9.17, 15) is 34.2 Å². The largest absolute Gasteiger partial charge is 0.478 e. The van der Waals surface area contributed by atoms with Gasteiger partial charge < -0.3 is 48.7 Å². The molecule has 2 saturated heterocycles. The molecule has 3 heterocycles. The molecule has 16 nitrogen and oxygen atoms in total. The van der Waals surface area contributed by atoms with E-state index in [1.165, 1.54) is 31.7 Å². The topological polar surface area (TPSA) is 215 Å². The van der Waals surface area contributed by atoms with Crippen molar-refractivity contribution in [3.05, 3.63) is 94.7 Å². The number of benzene rings is 2. The Morgan fingerprint density at radius 2 is 1.41 bits per heavy atom. The molecule has 2 aromatic carbocycles. The van der Waals surface area contributed by atoms with Gasteiger partial charge in [-0.25, -0.2) is 9.78 Å². The van der Waals surface area contributed by atoms with E-state index in [1.807, 2.05) is 48.5 Å². The van der Waals surface area contributed by atoms with E-state index in [2.05, 4.69) is 10.3 Å². The highest BCUT2D eigenvalue weighted by molar-refractivity contribution is 7.99. The molecule has 1 aromatic heterocycles. The van der Waals surface area contributed by atoms with Gasteiger partial charge in [0.2, 0.25) is 0 Å². The van der Waals surface area contributed by atoms with Gasteiger partial charge in [0, 0.05) is 64.6 Å².